The molecule has 3 aromatic carbocycles. The minimum absolute atomic E-state index is 0.239. The lowest BCUT2D eigenvalue weighted by Crippen LogP contribution is -2.31. The third kappa shape index (κ3) is 2.31. The van der Waals surface area contributed by atoms with E-state index in [0.717, 1.165) is 4.47 Å². The number of hydrogen-bond donors (Lipinski definition) is 0. The fraction of sp³-hybridized carbons (Fsp3) is 0. The summed E-state index contributed by atoms with van der Waals surface area (Å²) in [5.41, 5.74) is 0. The van der Waals surface area contributed by atoms with Gasteiger partial charge in [-0.25, -0.2) is 8.78 Å². The fourth-order valence-electron chi connectivity index (χ4n) is 2.82. The summed E-state index contributed by atoms with van der Waals surface area (Å²) < 4.78 is 48.2. The van der Waals surface area contributed by atoms with Crippen LogP contribution in [0, 0.1) is 11.6 Å². The average Bonchev–Trinajstić information content (AvgIpc) is 2.57. The van der Waals surface area contributed by atoms with Crippen molar-refractivity contribution in [1.29, 1.82) is 0 Å². The van der Waals surface area contributed by atoms with Crippen molar-refractivity contribution in [2.24, 2.45) is 0 Å². The zero-order valence-corrected chi connectivity index (χ0v) is 14.7. The van der Waals surface area contributed by atoms with Crippen LogP contribution in [0.5, 0.6) is 11.5 Å². The third-order valence-corrected chi connectivity index (χ3v) is 7.54. The largest absolute Gasteiger partial charge is 0.456 e. The van der Waals surface area contributed by atoms with Gasteiger partial charge in [0, 0.05) is 9.78 Å². The van der Waals surface area contributed by atoms with Gasteiger partial charge in [0.2, 0.25) is 0 Å². The van der Waals surface area contributed by atoms with E-state index in [0.29, 0.717) is 16.8 Å². The van der Waals surface area contributed by atoms with Gasteiger partial charge in [0.1, 0.15) is 23.1 Å². The maximum atomic E-state index is 14.1. The highest BCUT2D eigenvalue weighted by Gasteiger charge is 2.39. The predicted molar refractivity (Wildman–Crippen MR) is 93.5 cm³/mol. The van der Waals surface area contributed by atoms with Gasteiger partial charge in [0.05, 0.1) is 10.6 Å². The van der Waals surface area contributed by atoms with E-state index in [1.807, 2.05) is 0 Å². The molecular weight excluding hydrogens is 397 g/mol. The summed E-state index contributed by atoms with van der Waals surface area (Å²) in [4.78, 5) is 0. The first-order valence-electron chi connectivity index (χ1n) is 7.13. The molecule has 0 radical (unpaired) electrons. The Labute approximate surface area is 145 Å². The Hall–Kier alpha value is -1.97. The Morgan fingerprint density at radius 1 is 0.792 bits per heavy atom. The summed E-state index contributed by atoms with van der Waals surface area (Å²) in [6.07, 6.45) is 0. The Balaban J connectivity index is 2.08. The van der Waals surface area contributed by atoms with Crippen LogP contribution < -0.4 is 20.7 Å². The van der Waals surface area contributed by atoms with Gasteiger partial charge >= 0.3 is 0 Å². The molecule has 0 aliphatic carbocycles. The van der Waals surface area contributed by atoms with Gasteiger partial charge in [-0.15, -0.1) is 0 Å². The normalized spacial score (nSPS) is 14.5. The van der Waals surface area contributed by atoms with Gasteiger partial charge in [-0.05, 0) is 60.7 Å². The molecule has 0 bridgehead atoms. The van der Waals surface area contributed by atoms with Crippen molar-refractivity contribution in [2.45, 2.75) is 0 Å². The molecule has 0 N–H and O–H groups in total. The second kappa shape index (κ2) is 5.54. The zero-order chi connectivity index (χ0) is 16.9. The van der Waals surface area contributed by atoms with Crippen LogP contribution in [0.3, 0.4) is 0 Å². The molecule has 24 heavy (non-hydrogen) atoms. The van der Waals surface area contributed by atoms with E-state index in [-0.39, 0.29) is 10.6 Å². The van der Waals surface area contributed by atoms with Crippen molar-refractivity contribution >= 4 is 39.0 Å². The van der Waals surface area contributed by atoms with Crippen molar-refractivity contribution in [3.63, 3.8) is 0 Å². The van der Waals surface area contributed by atoms with E-state index in [1.54, 1.807) is 24.3 Å². The topological polar surface area (TPSA) is 26.3 Å². The molecular formula is C18H10BrF2O2P. The van der Waals surface area contributed by atoms with Crippen LogP contribution in [0.4, 0.5) is 8.78 Å². The van der Waals surface area contributed by atoms with Gasteiger partial charge in [-0.1, -0.05) is 15.9 Å². The van der Waals surface area contributed by atoms with Crippen LogP contribution in [0.2, 0.25) is 0 Å². The highest BCUT2D eigenvalue weighted by atomic mass is 79.9. The maximum absolute atomic E-state index is 14.1. The van der Waals surface area contributed by atoms with Gasteiger partial charge < -0.3 is 9.30 Å². The molecule has 1 aliphatic rings. The molecule has 0 atom stereocenters. The molecule has 1 aliphatic heterocycles. The summed E-state index contributed by atoms with van der Waals surface area (Å²) in [5.74, 6) is -0.396. The molecule has 0 unspecified atom stereocenters. The number of benzene rings is 3. The molecule has 0 saturated carbocycles. The molecule has 120 valence electrons. The van der Waals surface area contributed by atoms with Crippen LogP contribution in [0.1, 0.15) is 0 Å². The van der Waals surface area contributed by atoms with E-state index in [1.165, 1.54) is 36.4 Å². The summed E-state index contributed by atoms with van der Waals surface area (Å²) >= 11 is 3.34. The van der Waals surface area contributed by atoms with E-state index in [2.05, 4.69) is 15.9 Å². The monoisotopic (exact) mass is 406 g/mol. The van der Waals surface area contributed by atoms with Crippen molar-refractivity contribution in [1.82, 2.24) is 0 Å². The SMILES string of the molecule is O=P1(c2ccc(Br)cc2)c2cc(F)ccc2Oc2ccc(F)cc21. The maximum Gasteiger partial charge on any atom is 0.178 e. The number of fused-ring (bicyclic) bond motifs is 2. The molecule has 0 spiro atoms. The highest BCUT2D eigenvalue weighted by Crippen LogP contribution is 2.51. The fourth-order valence-corrected chi connectivity index (χ4v) is 5.94. The van der Waals surface area contributed by atoms with E-state index in [9.17, 15) is 13.3 Å². The first kappa shape index (κ1) is 15.6. The van der Waals surface area contributed by atoms with Crippen LogP contribution >= 0.6 is 23.1 Å². The lowest BCUT2D eigenvalue weighted by molar-refractivity contribution is 0.481. The summed E-state index contributed by atoms with van der Waals surface area (Å²) in [7, 11) is -3.45. The Bertz CT molecular complexity index is 947. The number of rotatable bonds is 1. The van der Waals surface area contributed by atoms with Crippen molar-refractivity contribution in [2.75, 3.05) is 0 Å². The zero-order valence-electron chi connectivity index (χ0n) is 12.2. The van der Waals surface area contributed by atoms with Gasteiger partial charge in [-0.3, -0.25) is 0 Å². The van der Waals surface area contributed by atoms with Crippen LogP contribution in [-0.4, -0.2) is 0 Å². The smallest absolute Gasteiger partial charge is 0.178 e. The second-order valence-electron chi connectivity index (χ2n) is 5.41. The molecule has 0 fully saturated rings. The van der Waals surface area contributed by atoms with Crippen molar-refractivity contribution in [3.05, 3.63) is 76.8 Å². The number of ether oxygens (including phenoxy) is 1. The van der Waals surface area contributed by atoms with E-state index < -0.39 is 18.8 Å². The highest BCUT2D eigenvalue weighted by molar-refractivity contribution is 9.10. The molecule has 3 aromatic rings. The minimum Gasteiger partial charge on any atom is -0.456 e. The Kier molecular flexibility index (Phi) is 3.59. The number of halogens is 3. The van der Waals surface area contributed by atoms with E-state index >= 15 is 0 Å². The van der Waals surface area contributed by atoms with Gasteiger partial charge in [0.15, 0.2) is 7.14 Å². The second-order valence-corrected chi connectivity index (χ2v) is 9.03. The lowest BCUT2D eigenvalue weighted by atomic mass is 10.3. The van der Waals surface area contributed by atoms with E-state index in [4.69, 9.17) is 4.74 Å². The Morgan fingerprint density at radius 2 is 1.29 bits per heavy atom. The first-order chi connectivity index (χ1) is 11.5. The van der Waals surface area contributed by atoms with Crippen LogP contribution in [0.15, 0.2) is 65.1 Å². The third-order valence-electron chi connectivity index (χ3n) is 3.93. The lowest BCUT2D eigenvalue weighted by Gasteiger charge is -2.29. The molecule has 0 amide bonds. The first-order valence-corrected chi connectivity index (χ1v) is 9.63. The Morgan fingerprint density at radius 3 is 1.79 bits per heavy atom. The molecule has 0 aromatic heterocycles. The van der Waals surface area contributed by atoms with Crippen LogP contribution in [0.25, 0.3) is 0 Å². The van der Waals surface area contributed by atoms with Crippen LogP contribution in [-0.2, 0) is 4.57 Å². The summed E-state index contributed by atoms with van der Waals surface area (Å²) in [6, 6.07) is 14.7. The minimum atomic E-state index is -3.45. The predicted octanol–water partition coefficient (Wildman–Crippen LogP) is 4.47. The summed E-state index contributed by atoms with van der Waals surface area (Å²) in [5, 5.41) is 0.971. The molecule has 0 saturated heterocycles. The summed E-state index contributed by atoms with van der Waals surface area (Å²) in [6.45, 7) is 0. The average molecular weight is 407 g/mol. The molecule has 4 rings (SSSR count). The molecule has 1 heterocycles. The van der Waals surface area contributed by atoms with Crippen molar-refractivity contribution in [3.8, 4) is 11.5 Å². The van der Waals surface area contributed by atoms with Gasteiger partial charge in [-0.2, -0.15) is 0 Å². The van der Waals surface area contributed by atoms with Gasteiger partial charge in [0.25, 0.3) is 0 Å². The molecule has 2 nitrogen and oxygen atoms in total. The van der Waals surface area contributed by atoms with Crippen molar-refractivity contribution < 1.29 is 18.1 Å². The molecule has 6 heteroatoms. The quantitative estimate of drug-likeness (QED) is 0.436. The standard InChI is InChI=1S/C18H10BrF2O2P/c19-11-1-5-14(6-2-11)24(22)17-9-12(20)3-7-15(17)23-16-8-4-13(21)10-18(16)24/h1-10H. The number of hydrogen-bond acceptors (Lipinski definition) is 2.